The first-order valence-electron chi connectivity index (χ1n) is 8.14. The molecule has 4 heteroatoms. The Morgan fingerprint density at radius 3 is 2.32 bits per heavy atom. The maximum atomic E-state index is 12.8. The molecule has 2 amide bonds. The van der Waals surface area contributed by atoms with Crippen molar-refractivity contribution in [3.05, 3.63) is 83.6 Å². The van der Waals surface area contributed by atoms with E-state index in [2.05, 4.69) is 11.9 Å². The normalized spacial score (nSPS) is 14.2. The van der Waals surface area contributed by atoms with Crippen LogP contribution in [0.15, 0.2) is 66.9 Å². The molecule has 2 aromatic rings. The van der Waals surface area contributed by atoms with Crippen LogP contribution < -0.4 is 5.32 Å². The third-order valence-corrected chi connectivity index (χ3v) is 4.22. The molecule has 3 rings (SSSR count). The van der Waals surface area contributed by atoms with Gasteiger partial charge in [0, 0.05) is 12.2 Å². The summed E-state index contributed by atoms with van der Waals surface area (Å²) in [6.45, 7) is 7.77. The smallest absolute Gasteiger partial charge is 0.278 e. The van der Waals surface area contributed by atoms with Crippen molar-refractivity contribution in [2.24, 2.45) is 0 Å². The predicted octanol–water partition coefficient (Wildman–Crippen LogP) is 3.68. The number of aryl methyl sites for hydroxylation is 2. The topological polar surface area (TPSA) is 49.4 Å². The highest BCUT2D eigenvalue weighted by atomic mass is 16.2. The Morgan fingerprint density at radius 2 is 1.68 bits per heavy atom. The van der Waals surface area contributed by atoms with Gasteiger partial charge >= 0.3 is 0 Å². The van der Waals surface area contributed by atoms with E-state index in [1.54, 1.807) is 6.08 Å². The van der Waals surface area contributed by atoms with Crippen LogP contribution in [0.2, 0.25) is 0 Å². The number of carbonyl (C=O) groups excluding carboxylic acids is 2. The standard InChI is InChI=1S/C21H20N2O2/c1-4-13-23-20(24)18(16-11-9-14(2)10-12-16)19(21(23)25)22-17-8-6-5-7-15(17)3/h4-12,22H,1,13H2,2-3H3. The molecule has 4 nitrogen and oxygen atoms in total. The van der Waals surface area contributed by atoms with Crippen LogP contribution in [0, 0.1) is 13.8 Å². The number of nitrogens with one attached hydrogen (secondary N) is 1. The van der Waals surface area contributed by atoms with Crippen LogP contribution in [0.1, 0.15) is 16.7 Å². The van der Waals surface area contributed by atoms with Crippen LogP contribution in [0.4, 0.5) is 5.69 Å². The molecule has 0 saturated heterocycles. The first-order chi connectivity index (χ1) is 12.0. The lowest BCUT2D eigenvalue weighted by Crippen LogP contribution is -2.32. The molecule has 0 saturated carbocycles. The number of benzene rings is 2. The van der Waals surface area contributed by atoms with Crippen LogP contribution >= 0.6 is 0 Å². The number of rotatable bonds is 5. The fraction of sp³-hybridized carbons (Fsp3) is 0.143. The molecule has 0 spiro atoms. The van der Waals surface area contributed by atoms with E-state index in [1.807, 2.05) is 62.4 Å². The maximum Gasteiger partial charge on any atom is 0.278 e. The fourth-order valence-electron chi connectivity index (χ4n) is 2.82. The van der Waals surface area contributed by atoms with Gasteiger partial charge in [0.05, 0.1) is 5.57 Å². The predicted molar refractivity (Wildman–Crippen MR) is 99.8 cm³/mol. The van der Waals surface area contributed by atoms with Crippen LogP contribution in [-0.4, -0.2) is 23.3 Å². The number of hydrogen-bond acceptors (Lipinski definition) is 3. The Morgan fingerprint density at radius 1 is 1.00 bits per heavy atom. The van der Waals surface area contributed by atoms with Crippen molar-refractivity contribution in [3.8, 4) is 0 Å². The first-order valence-corrected chi connectivity index (χ1v) is 8.14. The molecule has 1 aliphatic heterocycles. The summed E-state index contributed by atoms with van der Waals surface area (Å²) in [5, 5.41) is 3.17. The molecule has 126 valence electrons. The second kappa shape index (κ2) is 6.77. The number of para-hydroxylation sites is 1. The van der Waals surface area contributed by atoms with Crippen molar-refractivity contribution < 1.29 is 9.59 Å². The van der Waals surface area contributed by atoms with Gasteiger partial charge in [0.25, 0.3) is 11.8 Å². The molecule has 1 aliphatic rings. The zero-order chi connectivity index (χ0) is 18.0. The van der Waals surface area contributed by atoms with Crippen LogP contribution in [0.3, 0.4) is 0 Å². The van der Waals surface area contributed by atoms with E-state index >= 15 is 0 Å². The number of anilines is 1. The Kier molecular flexibility index (Phi) is 4.52. The van der Waals surface area contributed by atoms with Crippen molar-refractivity contribution in [2.75, 3.05) is 11.9 Å². The zero-order valence-electron chi connectivity index (χ0n) is 14.4. The van der Waals surface area contributed by atoms with Crippen molar-refractivity contribution in [3.63, 3.8) is 0 Å². The molecule has 25 heavy (non-hydrogen) atoms. The van der Waals surface area contributed by atoms with Crippen molar-refractivity contribution in [1.82, 2.24) is 4.90 Å². The Labute approximate surface area is 147 Å². The number of carbonyl (C=O) groups is 2. The average Bonchev–Trinajstić information content (AvgIpc) is 2.83. The number of amides is 2. The molecule has 0 fully saturated rings. The minimum Gasteiger partial charge on any atom is -0.350 e. The second-order valence-corrected chi connectivity index (χ2v) is 6.07. The quantitative estimate of drug-likeness (QED) is 0.671. The monoisotopic (exact) mass is 332 g/mol. The Bertz CT molecular complexity index is 879. The fourth-order valence-corrected chi connectivity index (χ4v) is 2.82. The molecular weight excluding hydrogens is 312 g/mol. The molecular formula is C21H20N2O2. The van der Waals surface area contributed by atoms with E-state index in [4.69, 9.17) is 0 Å². The summed E-state index contributed by atoms with van der Waals surface area (Å²) in [6.07, 6.45) is 1.55. The zero-order valence-corrected chi connectivity index (χ0v) is 14.4. The average molecular weight is 332 g/mol. The SMILES string of the molecule is C=CCN1C(=O)C(Nc2ccccc2C)=C(c2ccc(C)cc2)C1=O. The summed E-state index contributed by atoms with van der Waals surface area (Å²) in [4.78, 5) is 26.9. The van der Waals surface area contributed by atoms with Gasteiger partial charge in [0.2, 0.25) is 0 Å². The van der Waals surface area contributed by atoms with Gasteiger partial charge in [-0.05, 0) is 31.0 Å². The highest BCUT2D eigenvalue weighted by Crippen LogP contribution is 2.31. The largest absolute Gasteiger partial charge is 0.350 e. The van der Waals surface area contributed by atoms with E-state index in [0.717, 1.165) is 22.4 Å². The van der Waals surface area contributed by atoms with Gasteiger partial charge in [-0.1, -0.05) is 54.1 Å². The molecule has 2 aromatic carbocycles. The van der Waals surface area contributed by atoms with Crippen molar-refractivity contribution >= 4 is 23.1 Å². The van der Waals surface area contributed by atoms with Gasteiger partial charge in [0.15, 0.2) is 0 Å². The highest BCUT2D eigenvalue weighted by molar-refractivity contribution is 6.36. The Balaban J connectivity index is 2.10. The summed E-state index contributed by atoms with van der Waals surface area (Å²) in [7, 11) is 0. The number of nitrogens with zero attached hydrogens (tertiary/aromatic N) is 1. The van der Waals surface area contributed by atoms with Gasteiger partial charge in [-0.3, -0.25) is 14.5 Å². The molecule has 0 bridgehead atoms. The van der Waals surface area contributed by atoms with Gasteiger partial charge in [-0.2, -0.15) is 0 Å². The lowest BCUT2D eigenvalue weighted by atomic mass is 10.0. The third kappa shape index (κ3) is 3.11. The van der Waals surface area contributed by atoms with Gasteiger partial charge in [0.1, 0.15) is 5.70 Å². The van der Waals surface area contributed by atoms with Gasteiger partial charge < -0.3 is 5.32 Å². The lowest BCUT2D eigenvalue weighted by Gasteiger charge is -2.13. The minimum absolute atomic E-state index is 0.186. The van der Waals surface area contributed by atoms with Crippen LogP contribution in [-0.2, 0) is 9.59 Å². The van der Waals surface area contributed by atoms with E-state index in [0.29, 0.717) is 11.3 Å². The lowest BCUT2D eigenvalue weighted by molar-refractivity contribution is -0.136. The van der Waals surface area contributed by atoms with E-state index in [1.165, 1.54) is 4.90 Å². The summed E-state index contributed by atoms with van der Waals surface area (Å²) >= 11 is 0. The van der Waals surface area contributed by atoms with Crippen molar-refractivity contribution in [2.45, 2.75) is 13.8 Å². The molecule has 0 unspecified atom stereocenters. The Hall–Kier alpha value is -3.14. The molecule has 1 N–H and O–H groups in total. The van der Waals surface area contributed by atoms with E-state index < -0.39 is 0 Å². The summed E-state index contributed by atoms with van der Waals surface area (Å²) in [5.41, 5.74) is 4.34. The summed E-state index contributed by atoms with van der Waals surface area (Å²) < 4.78 is 0. The molecule has 0 aliphatic carbocycles. The summed E-state index contributed by atoms with van der Waals surface area (Å²) in [5.74, 6) is -0.631. The van der Waals surface area contributed by atoms with Gasteiger partial charge in [-0.25, -0.2) is 0 Å². The highest BCUT2D eigenvalue weighted by Gasteiger charge is 2.38. The molecule has 0 radical (unpaired) electrons. The summed E-state index contributed by atoms with van der Waals surface area (Å²) in [6, 6.07) is 15.3. The third-order valence-electron chi connectivity index (χ3n) is 4.22. The molecule has 0 aromatic heterocycles. The number of hydrogen-bond donors (Lipinski definition) is 1. The number of imide groups is 1. The van der Waals surface area contributed by atoms with Crippen LogP contribution in [0.25, 0.3) is 5.57 Å². The van der Waals surface area contributed by atoms with Gasteiger partial charge in [-0.15, -0.1) is 6.58 Å². The molecule has 0 atom stereocenters. The van der Waals surface area contributed by atoms with E-state index in [9.17, 15) is 9.59 Å². The van der Waals surface area contributed by atoms with E-state index in [-0.39, 0.29) is 18.4 Å². The van der Waals surface area contributed by atoms with Crippen LogP contribution in [0.5, 0.6) is 0 Å². The molecule has 1 heterocycles. The first kappa shape index (κ1) is 16.7. The van der Waals surface area contributed by atoms with Crippen molar-refractivity contribution in [1.29, 1.82) is 0 Å². The minimum atomic E-state index is -0.330. The second-order valence-electron chi connectivity index (χ2n) is 6.07. The maximum absolute atomic E-state index is 12.8.